The second-order valence-electron chi connectivity index (χ2n) is 7.87. The van der Waals surface area contributed by atoms with Crippen LogP contribution in [0.15, 0.2) is 48.5 Å². The number of benzene rings is 2. The van der Waals surface area contributed by atoms with Gasteiger partial charge >= 0.3 is 5.97 Å². The number of allylic oxidation sites excluding steroid dienone is 1. The molecule has 0 aliphatic carbocycles. The summed E-state index contributed by atoms with van der Waals surface area (Å²) >= 11 is 6.36. The molecular formula is C27H29ClN2O4. The third kappa shape index (κ3) is 6.51. The van der Waals surface area contributed by atoms with Crippen LogP contribution in [0.5, 0.6) is 11.5 Å². The summed E-state index contributed by atoms with van der Waals surface area (Å²) < 4.78 is 10.9. The third-order valence-electron chi connectivity index (χ3n) is 5.12. The fourth-order valence-electron chi connectivity index (χ4n) is 3.38. The Kier molecular flexibility index (Phi) is 8.55. The molecule has 3 rings (SSSR count). The summed E-state index contributed by atoms with van der Waals surface area (Å²) in [4.78, 5) is 27.5. The Morgan fingerprint density at radius 2 is 1.79 bits per heavy atom. The van der Waals surface area contributed by atoms with Crippen LogP contribution in [0.1, 0.15) is 53.1 Å². The van der Waals surface area contributed by atoms with Crippen molar-refractivity contribution in [2.24, 2.45) is 0 Å². The van der Waals surface area contributed by atoms with Gasteiger partial charge in [-0.15, -0.1) is 0 Å². The van der Waals surface area contributed by atoms with Gasteiger partial charge in [0.1, 0.15) is 17.2 Å². The first-order valence-corrected chi connectivity index (χ1v) is 11.6. The number of halogens is 1. The average molecular weight is 481 g/mol. The van der Waals surface area contributed by atoms with Gasteiger partial charge in [0.2, 0.25) is 0 Å². The summed E-state index contributed by atoms with van der Waals surface area (Å²) in [6.07, 6.45) is 5.11. The zero-order chi connectivity index (χ0) is 24.7. The molecule has 0 bridgehead atoms. The Morgan fingerprint density at radius 1 is 1.03 bits per heavy atom. The van der Waals surface area contributed by atoms with Gasteiger partial charge in [-0.1, -0.05) is 30.7 Å². The smallest absolute Gasteiger partial charge is 0.310 e. The van der Waals surface area contributed by atoms with E-state index < -0.39 is 0 Å². The highest BCUT2D eigenvalue weighted by molar-refractivity contribution is 6.32. The first-order chi connectivity index (χ1) is 16.3. The van der Waals surface area contributed by atoms with Crippen LogP contribution < -0.4 is 10.1 Å². The van der Waals surface area contributed by atoms with Crippen molar-refractivity contribution in [2.45, 2.75) is 40.5 Å². The number of nitrogens with one attached hydrogen (secondary N) is 2. The lowest BCUT2D eigenvalue weighted by Gasteiger charge is -2.13. The molecule has 0 atom stereocenters. The predicted molar refractivity (Wildman–Crippen MR) is 136 cm³/mol. The number of aryl methyl sites for hydroxylation is 2. The van der Waals surface area contributed by atoms with E-state index in [1.54, 1.807) is 37.3 Å². The van der Waals surface area contributed by atoms with Crippen molar-refractivity contribution in [3.05, 3.63) is 81.6 Å². The topological polar surface area (TPSA) is 80.4 Å². The van der Waals surface area contributed by atoms with Crippen LogP contribution in [-0.2, 0) is 16.0 Å². The molecule has 7 heteroatoms. The van der Waals surface area contributed by atoms with E-state index in [4.69, 9.17) is 21.1 Å². The second-order valence-corrected chi connectivity index (χ2v) is 8.28. The molecule has 6 nitrogen and oxygen atoms in total. The molecule has 0 fully saturated rings. The van der Waals surface area contributed by atoms with E-state index in [2.05, 4.69) is 17.2 Å². The number of esters is 1. The second kappa shape index (κ2) is 11.6. The lowest BCUT2D eigenvalue weighted by Crippen LogP contribution is -2.12. The van der Waals surface area contributed by atoms with Crippen molar-refractivity contribution in [1.82, 2.24) is 4.98 Å². The molecule has 0 unspecified atom stereocenters. The maximum atomic E-state index is 12.7. The maximum absolute atomic E-state index is 12.7. The van der Waals surface area contributed by atoms with Gasteiger partial charge in [0.15, 0.2) is 0 Å². The molecule has 1 heterocycles. The van der Waals surface area contributed by atoms with Crippen LogP contribution in [-0.4, -0.2) is 23.5 Å². The number of anilines is 1. The summed E-state index contributed by atoms with van der Waals surface area (Å²) in [7, 11) is 0. The van der Waals surface area contributed by atoms with Crippen LogP contribution in [0.3, 0.4) is 0 Å². The van der Waals surface area contributed by atoms with Crippen molar-refractivity contribution in [2.75, 3.05) is 11.9 Å². The van der Waals surface area contributed by atoms with Crippen LogP contribution in [0, 0.1) is 13.8 Å². The van der Waals surface area contributed by atoms with Gasteiger partial charge in [0, 0.05) is 11.4 Å². The van der Waals surface area contributed by atoms with Crippen LogP contribution >= 0.6 is 11.6 Å². The van der Waals surface area contributed by atoms with Gasteiger partial charge in [0.05, 0.1) is 18.1 Å². The number of hydrogen-bond donors (Lipinski definition) is 2. The molecule has 0 aliphatic heterocycles. The zero-order valence-corrected chi connectivity index (χ0v) is 20.6. The SMILES string of the molecule is CC/C=C\c1[nH]c(C(=O)Nc2ccc(Oc3ccc(CC(=O)OCC)cc3Cl)c(C)c2)cc1C. The highest BCUT2D eigenvalue weighted by atomic mass is 35.5. The van der Waals surface area contributed by atoms with Crippen molar-refractivity contribution < 1.29 is 19.1 Å². The molecule has 0 saturated heterocycles. The molecule has 2 aromatic carbocycles. The number of carbonyl (C=O) groups excluding carboxylic acids is 2. The van der Waals surface area contributed by atoms with E-state index in [1.807, 2.05) is 38.1 Å². The van der Waals surface area contributed by atoms with Gasteiger partial charge in [-0.25, -0.2) is 0 Å². The third-order valence-corrected chi connectivity index (χ3v) is 5.42. The number of rotatable bonds is 9. The standard InChI is InChI=1S/C27H29ClN2O4/c1-5-7-8-22-17(3)14-23(30-22)27(32)29-20-10-12-24(18(4)13-20)34-25-11-9-19(15-21(25)28)16-26(31)33-6-2/h7-15,30H,5-6,16H2,1-4H3,(H,29,32)/b8-7-. The largest absolute Gasteiger partial charge is 0.466 e. The summed E-state index contributed by atoms with van der Waals surface area (Å²) in [6.45, 7) is 8.02. The predicted octanol–water partition coefficient (Wildman–Crippen LogP) is 6.86. The van der Waals surface area contributed by atoms with Gasteiger partial charge in [-0.05, 0) is 86.4 Å². The van der Waals surface area contributed by atoms with Crippen LogP contribution in [0.25, 0.3) is 6.08 Å². The van der Waals surface area contributed by atoms with E-state index in [0.717, 1.165) is 28.8 Å². The van der Waals surface area contributed by atoms with Gasteiger partial charge in [-0.2, -0.15) is 0 Å². The fraction of sp³-hybridized carbons (Fsp3) is 0.259. The lowest BCUT2D eigenvalue weighted by molar-refractivity contribution is -0.142. The first kappa shape index (κ1) is 25.1. The van der Waals surface area contributed by atoms with Crippen molar-refractivity contribution in [3.8, 4) is 11.5 Å². The molecule has 3 aromatic rings. The molecule has 178 valence electrons. The monoisotopic (exact) mass is 480 g/mol. The Bertz CT molecular complexity index is 1210. The number of amides is 1. The lowest BCUT2D eigenvalue weighted by atomic mass is 10.1. The van der Waals surface area contributed by atoms with E-state index in [9.17, 15) is 9.59 Å². The van der Waals surface area contributed by atoms with E-state index in [0.29, 0.717) is 34.5 Å². The van der Waals surface area contributed by atoms with Gasteiger partial charge < -0.3 is 19.8 Å². The van der Waals surface area contributed by atoms with Crippen molar-refractivity contribution >= 4 is 35.2 Å². The Morgan fingerprint density at radius 3 is 2.47 bits per heavy atom. The number of carbonyl (C=O) groups is 2. The van der Waals surface area contributed by atoms with E-state index >= 15 is 0 Å². The molecule has 1 amide bonds. The molecule has 0 spiro atoms. The Balaban J connectivity index is 1.68. The maximum Gasteiger partial charge on any atom is 0.310 e. The minimum absolute atomic E-state index is 0.151. The van der Waals surface area contributed by atoms with Crippen LogP contribution in [0.2, 0.25) is 5.02 Å². The summed E-state index contributed by atoms with van der Waals surface area (Å²) in [5.74, 6) is 0.570. The molecule has 34 heavy (non-hydrogen) atoms. The molecule has 0 saturated carbocycles. The normalized spacial score (nSPS) is 11.0. The molecule has 2 N–H and O–H groups in total. The van der Waals surface area contributed by atoms with Crippen molar-refractivity contribution in [1.29, 1.82) is 0 Å². The van der Waals surface area contributed by atoms with Gasteiger partial charge in [-0.3, -0.25) is 9.59 Å². The summed E-state index contributed by atoms with van der Waals surface area (Å²) in [5, 5.41) is 3.31. The number of ether oxygens (including phenoxy) is 2. The summed E-state index contributed by atoms with van der Waals surface area (Å²) in [5.41, 5.74) is 4.68. The average Bonchev–Trinajstić information content (AvgIpc) is 3.16. The summed E-state index contributed by atoms with van der Waals surface area (Å²) in [6, 6.07) is 12.4. The highest BCUT2D eigenvalue weighted by Crippen LogP contribution is 2.33. The number of hydrogen-bond acceptors (Lipinski definition) is 4. The van der Waals surface area contributed by atoms with E-state index in [1.165, 1.54) is 0 Å². The molecule has 0 radical (unpaired) electrons. The fourth-order valence-corrected chi connectivity index (χ4v) is 3.62. The highest BCUT2D eigenvalue weighted by Gasteiger charge is 2.13. The number of H-pyrrole nitrogens is 1. The Labute approximate surface area is 204 Å². The minimum atomic E-state index is -0.302. The Hall–Kier alpha value is -3.51. The zero-order valence-electron chi connectivity index (χ0n) is 19.8. The number of aromatic nitrogens is 1. The minimum Gasteiger partial charge on any atom is -0.466 e. The van der Waals surface area contributed by atoms with Crippen molar-refractivity contribution in [3.63, 3.8) is 0 Å². The molecule has 0 aliphatic rings. The van der Waals surface area contributed by atoms with E-state index in [-0.39, 0.29) is 18.3 Å². The molecular weight excluding hydrogens is 452 g/mol. The van der Waals surface area contributed by atoms with Crippen LogP contribution in [0.4, 0.5) is 5.69 Å². The number of aromatic amines is 1. The molecule has 1 aromatic heterocycles. The quantitative estimate of drug-likeness (QED) is 0.328. The first-order valence-electron chi connectivity index (χ1n) is 11.2. The van der Waals surface area contributed by atoms with Gasteiger partial charge in [0.25, 0.3) is 5.91 Å².